The molecule has 228 valence electrons. The van der Waals surface area contributed by atoms with Crippen LogP contribution >= 0.6 is 11.3 Å². The lowest BCUT2D eigenvalue weighted by Crippen LogP contribution is -2.62. The quantitative estimate of drug-likeness (QED) is 0.280. The number of hydrogen-bond acceptors (Lipinski definition) is 7. The molecular weight excluding hydrogens is 577 g/mol. The molecule has 8 rings (SSSR count). The summed E-state index contributed by atoms with van der Waals surface area (Å²) in [6.45, 7) is 4.05. The molecule has 2 N–H and O–H groups in total. The monoisotopic (exact) mass is 613 g/mol. The highest BCUT2D eigenvalue weighted by Crippen LogP contribution is 2.67. The van der Waals surface area contributed by atoms with Gasteiger partial charge in [-0.05, 0) is 110 Å². The fourth-order valence-electron chi connectivity index (χ4n) is 9.60. The standard InChI is InChI=1S/C35H36FN3O4S/c1-33-16-20-18-37-39(23-10-8-22(36)9-11-23)27(20)15-21(33)7-12-24-25-13-14-35(42,34(25,2)17-28(40)31(24)33)30(41)19-43-32-38-26-5-3-4-6-29(26)44-32/h3-6,8-11,15,18,24-25,28,31,40,42H,7,12-14,16-17,19H2,1-2H3/t24-,25-,28-,31+,33-,34-,35-/m0/s1. The molecule has 7 nitrogen and oxygen atoms in total. The number of halogens is 1. The first kappa shape index (κ1) is 28.1. The van der Waals surface area contributed by atoms with Crippen molar-refractivity contribution in [3.05, 3.63) is 77.4 Å². The highest BCUT2D eigenvalue weighted by Gasteiger charge is 2.68. The van der Waals surface area contributed by atoms with Crippen LogP contribution in [0.25, 0.3) is 22.0 Å². The number of fused-ring (bicyclic) bond motifs is 7. The Kier molecular flexibility index (Phi) is 6.26. The molecule has 4 aromatic rings. The van der Waals surface area contributed by atoms with Crippen LogP contribution in [0.3, 0.4) is 0 Å². The molecule has 3 fully saturated rings. The second kappa shape index (κ2) is 9.80. The van der Waals surface area contributed by atoms with E-state index in [9.17, 15) is 19.4 Å². The number of aliphatic hydroxyl groups is 2. The van der Waals surface area contributed by atoms with E-state index in [2.05, 4.69) is 23.1 Å². The Bertz CT molecular complexity index is 1780. The van der Waals surface area contributed by atoms with Gasteiger partial charge in [-0.2, -0.15) is 5.10 Å². The maximum atomic E-state index is 13.7. The zero-order chi connectivity index (χ0) is 30.4. The third-order valence-corrected chi connectivity index (χ3v) is 12.7. The highest BCUT2D eigenvalue weighted by molar-refractivity contribution is 7.20. The SMILES string of the molecule is C[C@]12Cc3cnn(-c4ccc(F)cc4)c3C=C1CC[C@@H]1[C@@H]2[C@@H](O)C[C@@]2(C)[C@H]1CC[C@]2(O)C(=O)COc1nc2ccccc2s1. The van der Waals surface area contributed by atoms with E-state index in [1.54, 1.807) is 12.1 Å². The molecule has 2 aromatic carbocycles. The Labute approximate surface area is 259 Å². The van der Waals surface area contributed by atoms with Crippen molar-refractivity contribution in [1.82, 2.24) is 14.8 Å². The summed E-state index contributed by atoms with van der Waals surface area (Å²) in [4.78, 5) is 18.2. The van der Waals surface area contributed by atoms with Crippen molar-refractivity contribution in [2.24, 2.45) is 28.6 Å². The smallest absolute Gasteiger partial charge is 0.274 e. The molecule has 2 aromatic heterocycles. The molecule has 4 aliphatic carbocycles. The second-order valence-electron chi connectivity index (χ2n) is 13.8. The van der Waals surface area contributed by atoms with Crippen LogP contribution in [0.4, 0.5) is 4.39 Å². The van der Waals surface area contributed by atoms with E-state index in [0.29, 0.717) is 18.0 Å². The summed E-state index contributed by atoms with van der Waals surface area (Å²) in [5.74, 6) is -0.288. The lowest BCUT2D eigenvalue weighted by atomic mass is 9.45. The third kappa shape index (κ3) is 3.95. The zero-order valence-electron chi connectivity index (χ0n) is 24.9. The van der Waals surface area contributed by atoms with Crippen molar-refractivity contribution in [3.63, 3.8) is 0 Å². The van der Waals surface area contributed by atoms with E-state index >= 15 is 0 Å². The summed E-state index contributed by atoms with van der Waals surface area (Å²) in [6, 6.07) is 14.1. The largest absolute Gasteiger partial charge is 0.462 e. The molecule has 4 aliphatic rings. The van der Waals surface area contributed by atoms with Crippen LogP contribution in [-0.2, 0) is 11.2 Å². The Morgan fingerprint density at radius 1 is 1.16 bits per heavy atom. The average Bonchev–Trinajstić information content (AvgIpc) is 3.68. The lowest BCUT2D eigenvalue weighted by Gasteiger charge is -2.60. The van der Waals surface area contributed by atoms with Crippen LogP contribution < -0.4 is 4.74 Å². The normalized spacial score (nSPS) is 34.1. The number of para-hydroxylation sites is 1. The molecule has 0 aliphatic heterocycles. The Hall–Kier alpha value is -3.40. The van der Waals surface area contributed by atoms with E-state index in [1.165, 1.54) is 29.0 Å². The number of ether oxygens (including phenoxy) is 1. The summed E-state index contributed by atoms with van der Waals surface area (Å²) in [5, 5.41) is 29.1. The highest BCUT2D eigenvalue weighted by atomic mass is 32.1. The van der Waals surface area contributed by atoms with Gasteiger partial charge in [0.05, 0.1) is 33.9 Å². The van der Waals surface area contributed by atoms with Gasteiger partial charge in [0.2, 0.25) is 5.78 Å². The van der Waals surface area contributed by atoms with Crippen molar-refractivity contribution in [2.45, 2.75) is 64.1 Å². The minimum Gasteiger partial charge on any atom is -0.462 e. The molecule has 9 heteroatoms. The molecule has 0 saturated heterocycles. The lowest BCUT2D eigenvalue weighted by molar-refractivity contribution is -0.180. The Morgan fingerprint density at radius 3 is 2.75 bits per heavy atom. The molecule has 0 unspecified atom stereocenters. The summed E-state index contributed by atoms with van der Waals surface area (Å²) < 4.78 is 22.3. The number of ketones is 1. The van der Waals surface area contributed by atoms with E-state index < -0.39 is 17.1 Å². The molecule has 0 spiro atoms. The van der Waals surface area contributed by atoms with Crippen molar-refractivity contribution >= 4 is 33.4 Å². The van der Waals surface area contributed by atoms with Gasteiger partial charge in [0.25, 0.3) is 5.19 Å². The minimum atomic E-state index is -1.56. The molecule has 44 heavy (non-hydrogen) atoms. The van der Waals surface area contributed by atoms with Gasteiger partial charge in [0, 0.05) is 5.41 Å². The Morgan fingerprint density at radius 2 is 1.95 bits per heavy atom. The number of aliphatic hydroxyl groups excluding tert-OH is 1. The zero-order valence-corrected chi connectivity index (χ0v) is 25.7. The minimum absolute atomic E-state index is 0.0133. The van der Waals surface area contributed by atoms with Gasteiger partial charge in [-0.15, -0.1) is 0 Å². The second-order valence-corrected chi connectivity index (χ2v) is 14.8. The molecule has 0 amide bonds. The van der Waals surface area contributed by atoms with Crippen molar-refractivity contribution < 1.29 is 24.1 Å². The molecule has 2 heterocycles. The van der Waals surface area contributed by atoms with Crippen molar-refractivity contribution in [3.8, 4) is 10.9 Å². The van der Waals surface area contributed by atoms with Gasteiger partial charge in [0.1, 0.15) is 11.4 Å². The van der Waals surface area contributed by atoms with Gasteiger partial charge in [-0.25, -0.2) is 14.1 Å². The first-order valence-corrected chi connectivity index (χ1v) is 16.4. The summed E-state index contributed by atoms with van der Waals surface area (Å²) >= 11 is 1.39. The predicted octanol–water partition coefficient (Wildman–Crippen LogP) is 6.15. The fraction of sp³-hybridized carbons (Fsp3) is 0.457. The van der Waals surface area contributed by atoms with Crippen LogP contribution in [0.1, 0.15) is 57.2 Å². The number of nitrogens with zero attached hydrogens (tertiary/aromatic N) is 3. The molecule has 0 radical (unpaired) electrons. The van der Waals surface area contributed by atoms with Crippen LogP contribution in [0, 0.1) is 34.4 Å². The number of thiazole rings is 1. The number of carbonyl (C=O) groups excluding carboxylic acids is 1. The first-order valence-electron chi connectivity index (χ1n) is 15.6. The molecular formula is C35H36FN3O4S. The summed E-state index contributed by atoms with van der Waals surface area (Å²) in [6.07, 6.45) is 7.51. The number of hydrogen-bond donors (Lipinski definition) is 2. The molecule has 3 saturated carbocycles. The number of aromatic nitrogens is 3. The summed E-state index contributed by atoms with van der Waals surface area (Å²) in [5.41, 5.74) is 2.53. The molecule has 7 atom stereocenters. The van der Waals surface area contributed by atoms with E-state index in [1.807, 2.05) is 42.1 Å². The number of benzene rings is 2. The maximum Gasteiger partial charge on any atom is 0.274 e. The first-order chi connectivity index (χ1) is 21.1. The van der Waals surface area contributed by atoms with Crippen molar-refractivity contribution in [1.29, 1.82) is 0 Å². The number of allylic oxidation sites excluding steroid dienone is 1. The van der Waals surface area contributed by atoms with Gasteiger partial charge in [-0.1, -0.05) is 42.9 Å². The van der Waals surface area contributed by atoms with Gasteiger partial charge < -0.3 is 14.9 Å². The van der Waals surface area contributed by atoms with Gasteiger partial charge in [-0.3, -0.25) is 4.79 Å². The van der Waals surface area contributed by atoms with Gasteiger partial charge >= 0.3 is 0 Å². The van der Waals surface area contributed by atoms with E-state index in [4.69, 9.17) is 4.74 Å². The van der Waals surface area contributed by atoms with Crippen LogP contribution in [0.5, 0.6) is 5.19 Å². The van der Waals surface area contributed by atoms with E-state index in [0.717, 1.165) is 52.8 Å². The molecule has 0 bridgehead atoms. The number of carbonyl (C=O) groups is 1. The van der Waals surface area contributed by atoms with Crippen molar-refractivity contribution in [2.75, 3.05) is 6.61 Å². The predicted molar refractivity (Wildman–Crippen MR) is 166 cm³/mol. The van der Waals surface area contributed by atoms with Crippen LogP contribution in [-0.4, -0.2) is 49.1 Å². The van der Waals surface area contributed by atoms with E-state index in [-0.39, 0.29) is 41.4 Å². The Balaban J connectivity index is 1.05. The number of rotatable bonds is 5. The van der Waals surface area contributed by atoms with Gasteiger partial charge in [0.15, 0.2) is 6.61 Å². The fourth-order valence-corrected chi connectivity index (χ4v) is 10.4. The maximum absolute atomic E-state index is 13.7. The summed E-state index contributed by atoms with van der Waals surface area (Å²) in [7, 11) is 0. The third-order valence-electron chi connectivity index (χ3n) is 11.7. The average molecular weight is 614 g/mol. The van der Waals surface area contributed by atoms with Crippen LogP contribution in [0.15, 0.2) is 60.3 Å². The number of Topliss-reactive ketones (excluding diaryl/α,β-unsaturated/α-hetero) is 1. The topological polar surface area (TPSA) is 97.5 Å². The van der Waals surface area contributed by atoms with Crippen LogP contribution in [0.2, 0.25) is 0 Å².